The van der Waals surface area contributed by atoms with Crippen LogP contribution in [0.1, 0.15) is 36.2 Å². The highest BCUT2D eigenvalue weighted by molar-refractivity contribution is 7.13. The normalized spacial score (nSPS) is 24.2. The minimum absolute atomic E-state index is 0.0939. The number of nitrogens with zero attached hydrogens (tertiary/aromatic N) is 2. The number of amides is 1. The maximum atomic E-state index is 12.4. The van der Waals surface area contributed by atoms with Crippen molar-refractivity contribution < 1.29 is 9.53 Å². The number of hydrogen-bond acceptors (Lipinski definition) is 6. The zero-order chi connectivity index (χ0) is 17.1. The van der Waals surface area contributed by atoms with Gasteiger partial charge in [0.2, 0.25) is 0 Å². The van der Waals surface area contributed by atoms with Gasteiger partial charge in [-0.05, 0) is 43.7 Å². The summed E-state index contributed by atoms with van der Waals surface area (Å²) in [4.78, 5) is 21.2. The van der Waals surface area contributed by atoms with Crippen LogP contribution in [0.2, 0.25) is 0 Å². The lowest BCUT2D eigenvalue weighted by atomic mass is 10.1. The second-order valence-electron chi connectivity index (χ2n) is 6.63. The van der Waals surface area contributed by atoms with Crippen LogP contribution in [0.5, 0.6) is 0 Å². The topological polar surface area (TPSA) is 76.1 Å². The number of thiazole rings is 1. The van der Waals surface area contributed by atoms with Crippen LogP contribution in [0, 0.1) is 5.92 Å². The van der Waals surface area contributed by atoms with E-state index in [1.54, 1.807) is 6.20 Å². The van der Waals surface area contributed by atoms with Crippen LogP contribution in [0.4, 0.5) is 5.82 Å². The molecule has 0 spiro atoms. The lowest BCUT2D eigenvalue weighted by molar-refractivity contribution is 0.0552. The minimum atomic E-state index is -0.0939. The third kappa shape index (κ3) is 3.99. The fraction of sp³-hybridized carbons (Fsp3) is 0.500. The molecule has 2 aromatic heterocycles. The number of fused-ring (bicyclic) bond motifs is 7. The Bertz CT molecular complexity index is 748. The summed E-state index contributed by atoms with van der Waals surface area (Å²) in [5, 5.41) is 9.03. The summed E-state index contributed by atoms with van der Waals surface area (Å²) in [6, 6.07) is 3.89. The van der Waals surface area contributed by atoms with E-state index in [0.717, 1.165) is 55.2 Å². The Balaban J connectivity index is 1.55. The molecule has 25 heavy (non-hydrogen) atoms. The first-order valence-corrected chi connectivity index (χ1v) is 9.71. The van der Waals surface area contributed by atoms with Gasteiger partial charge in [-0.3, -0.25) is 4.79 Å². The summed E-state index contributed by atoms with van der Waals surface area (Å²) in [6.45, 7) is 2.29. The summed E-state index contributed by atoms with van der Waals surface area (Å²) in [5.74, 6) is 1.23. The smallest absolute Gasteiger partial charge is 0.270 e. The monoisotopic (exact) mass is 358 g/mol. The first kappa shape index (κ1) is 16.5. The van der Waals surface area contributed by atoms with Crippen LogP contribution >= 0.6 is 11.3 Å². The van der Waals surface area contributed by atoms with Gasteiger partial charge in [-0.15, -0.1) is 11.3 Å². The molecule has 6 nitrogen and oxygen atoms in total. The SMILES string of the molecule is O=C1NC[C@@H]2CC[C@@H](C2)OCCCNc2cc(ccn2)-c2nc1cs2. The Labute approximate surface area is 151 Å². The molecule has 1 aliphatic carbocycles. The lowest BCUT2D eigenvalue weighted by Gasteiger charge is -2.13. The van der Waals surface area contributed by atoms with Gasteiger partial charge in [0, 0.05) is 36.8 Å². The predicted molar refractivity (Wildman–Crippen MR) is 97.9 cm³/mol. The van der Waals surface area contributed by atoms with Gasteiger partial charge in [0.1, 0.15) is 16.5 Å². The summed E-state index contributed by atoms with van der Waals surface area (Å²) in [7, 11) is 0. The summed E-state index contributed by atoms with van der Waals surface area (Å²) in [5.41, 5.74) is 1.46. The molecule has 4 rings (SSSR count). The molecule has 2 aromatic rings. The van der Waals surface area contributed by atoms with Crippen LogP contribution in [0.25, 0.3) is 10.6 Å². The molecule has 0 saturated heterocycles. The van der Waals surface area contributed by atoms with Crippen molar-refractivity contribution in [3.63, 3.8) is 0 Å². The number of nitrogens with one attached hydrogen (secondary N) is 2. The molecule has 2 atom stereocenters. The van der Waals surface area contributed by atoms with Crippen molar-refractivity contribution in [2.75, 3.05) is 25.0 Å². The highest BCUT2D eigenvalue weighted by Crippen LogP contribution is 2.28. The Morgan fingerprint density at radius 2 is 2.24 bits per heavy atom. The number of anilines is 1. The van der Waals surface area contributed by atoms with Crippen molar-refractivity contribution in [3.8, 4) is 10.6 Å². The number of carbonyl (C=O) groups excluding carboxylic acids is 1. The standard InChI is InChI=1S/C18H22N4O2S/c23-17-15-11-25-18(22-15)13-4-6-20-16(9-13)19-5-1-7-24-14-3-2-12(8-14)10-21-17/h4,6,9,11-12,14H,1-3,5,7-8,10H2,(H,19,20)(H,21,23)/t12-,14+/m1/s1. The van der Waals surface area contributed by atoms with E-state index in [2.05, 4.69) is 20.6 Å². The van der Waals surface area contributed by atoms with Gasteiger partial charge in [0.25, 0.3) is 5.91 Å². The van der Waals surface area contributed by atoms with Crippen molar-refractivity contribution >= 4 is 23.1 Å². The van der Waals surface area contributed by atoms with Crippen molar-refractivity contribution in [1.82, 2.24) is 15.3 Å². The Kier molecular flexibility index (Phi) is 4.94. The molecule has 6 bridgehead atoms. The van der Waals surface area contributed by atoms with Gasteiger partial charge in [-0.1, -0.05) is 0 Å². The zero-order valence-corrected chi connectivity index (χ0v) is 14.8. The predicted octanol–water partition coefficient (Wildman–Crippen LogP) is 2.94. The third-order valence-corrected chi connectivity index (χ3v) is 5.66. The zero-order valence-electron chi connectivity index (χ0n) is 14.0. The molecule has 1 amide bonds. The van der Waals surface area contributed by atoms with E-state index in [1.807, 2.05) is 17.5 Å². The average molecular weight is 358 g/mol. The van der Waals surface area contributed by atoms with Gasteiger partial charge in [0.15, 0.2) is 0 Å². The molecule has 7 heteroatoms. The molecule has 2 aliphatic rings. The average Bonchev–Trinajstić information content (AvgIpc) is 3.29. The first-order chi connectivity index (χ1) is 12.3. The number of ether oxygens (including phenoxy) is 1. The molecule has 2 N–H and O–H groups in total. The maximum absolute atomic E-state index is 12.4. The van der Waals surface area contributed by atoms with Gasteiger partial charge in [-0.2, -0.15) is 0 Å². The van der Waals surface area contributed by atoms with E-state index in [9.17, 15) is 4.79 Å². The van der Waals surface area contributed by atoms with E-state index in [0.29, 0.717) is 24.3 Å². The number of hydrogen-bond donors (Lipinski definition) is 2. The highest BCUT2D eigenvalue weighted by atomic mass is 32.1. The van der Waals surface area contributed by atoms with Crippen molar-refractivity contribution in [1.29, 1.82) is 0 Å². The highest BCUT2D eigenvalue weighted by Gasteiger charge is 2.26. The van der Waals surface area contributed by atoms with Crippen molar-refractivity contribution in [2.45, 2.75) is 31.8 Å². The quantitative estimate of drug-likeness (QED) is 0.757. The van der Waals surface area contributed by atoms with E-state index >= 15 is 0 Å². The van der Waals surface area contributed by atoms with Crippen LogP contribution in [-0.4, -0.2) is 41.7 Å². The molecule has 0 unspecified atom stereocenters. The fourth-order valence-corrected chi connectivity index (χ4v) is 4.20. The lowest BCUT2D eigenvalue weighted by Crippen LogP contribution is -2.29. The summed E-state index contributed by atoms with van der Waals surface area (Å²) < 4.78 is 5.98. The molecule has 1 aliphatic heterocycles. The van der Waals surface area contributed by atoms with E-state index in [4.69, 9.17) is 4.74 Å². The summed E-state index contributed by atoms with van der Waals surface area (Å²) >= 11 is 1.49. The molecular formula is C18H22N4O2S. The van der Waals surface area contributed by atoms with Crippen LogP contribution < -0.4 is 10.6 Å². The second-order valence-corrected chi connectivity index (χ2v) is 7.49. The molecular weight excluding hydrogens is 336 g/mol. The summed E-state index contributed by atoms with van der Waals surface area (Å²) in [6.07, 6.45) is 6.26. The van der Waals surface area contributed by atoms with E-state index in [-0.39, 0.29) is 5.91 Å². The Hall–Kier alpha value is -1.99. The number of carbonyl (C=O) groups is 1. The third-order valence-electron chi connectivity index (χ3n) is 4.77. The molecule has 3 heterocycles. The van der Waals surface area contributed by atoms with Gasteiger partial charge in [0.05, 0.1) is 6.10 Å². The van der Waals surface area contributed by atoms with Crippen molar-refractivity contribution in [3.05, 3.63) is 29.4 Å². The van der Waals surface area contributed by atoms with Crippen LogP contribution in [-0.2, 0) is 4.74 Å². The first-order valence-electron chi connectivity index (χ1n) is 8.83. The molecule has 0 radical (unpaired) electrons. The Morgan fingerprint density at radius 1 is 1.28 bits per heavy atom. The van der Waals surface area contributed by atoms with Gasteiger partial charge in [-0.25, -0.2) is 9.97 Å². The van der Waals surface area contributed by atoms with Crippen molar-refractivity contribution in [2.24, 2.45) is 5.92 Å². The minimum Gasteiger partial charge on any atom is -0.378 e. The molecule has 0 aromatic carbocycles. The van der Waals surface area contributed by atoms with E-state index < -0.39 is 0 Å². The fourth-order valence-electron chi connectivity index (χ4n) is 3.40. The Morgan fingerprint density at radius 3 is 3.20 bits per heavy atom. The van der Waals surface area contributed by atoms with Crippen LogP contribution in [0.15, 0.2) is 23.7 Å². The number of aromatic nitrogens is 2. The number of rotatable bonds is 0. The van der Waals surface area contributed by atoms with E-state index in [1.165, 1.54) is 11.3 Å². The van der Waals surface area contributed by atoms with Gasteiger partial charge < -0.3 is 15.4 Å². The molecule has 1 fully saturated rings. The van der Waals surface area contributed by atoms with Gasteiger partial charge >= 0.3 is 0 Å². The maximum Gasteiger partial charge on any atom is 0.270 e. The molecule has 1 saturated carbocycles. The van der Waals surface area contributed by atoms with Crippen LogP contribution in [0.3, 0.4) is 0 Å². The number of pyridine rings is 1. The largest absolute Gasteiger partial charge is 0.378 e. The second kappa shape index (κ2) is 7.49. The molecule has 132 valence electrons.